The van der Waals surface area contributed by atoms with E-state index < -0.39 is 24.1 Å². The van der Waals surface area contributed by atoms with E-state index >= 15 is 0 Å². The molecule has 0 aliphatic carbocycles. The Kier molecular flexibility index (Phi) is 2.32. The number of epoxide rings is 1. The molecule has 0 aromatic carbocycles. The molecule has 1 N–H and O–H groups in total. The van der Waals surface area contributed by atoms with Crippen LogP contribution < -0.4 is 0 Å². The van der Waals surface area contributed by atoms with E-state index in [1.54, 1.807) is 13.8 Å². The summed E-state index contributed by atoms with van der Waals surface area (Å²) in [6, 6.07) is 0. The Hall–Kier alpha value is -1.10. The fourth-order valence-electron chi connectivity index (χ4n) is 0.779. The van der Waals surface area contributed by atoms with Gasteiger partial charge >= 0.3 is 11.9 Å². The summed E-state index contributed by atoms with van der Waals surface area (Å²) < 4.78 is 9.29. The van der Waals surface area contributed by atoms with Gasteiger partial charge in [0.25, 0.3) is 0 Å². The number of hydrogen-bond acceptors (Lipinski definition) is 4. The first kappa shape index (κ1) is 8.99. The second kappa shape index (κ2) is 3.10. The van der Waals surface area contributed by atoms with Gasteiger partial charge in [0, 0.05) is 0 Å². The van der Waals surface area contributed by atoms with Gasteiger partial charge in [0.15, 0.2) is 12.2 Å². The molecule has 0 bridgehead atoms. The maximum atomic E-state index is 10.9. The number of carbonyl (C=O) groups excluding carboxylic acids is 1. The summed E-state index contributed by atoms with van der Waals surface area (Å²) in [5.41, 5.74) is 0. The van der Waals surface area contributed by atoms with Gasteiger partial charge in [-0.1, -0.05) is 0 Å². The zero-order chi connectivity index (χ0) is 9.30. The molecule has 2 atom stereocenters. The van der Waals surface area contributed by atoms with E-state index in [1.807, 2.05) is 0 Å². The average molecular weight is 174 g/mol. The Morgan fingerprint density at radius 2 is 2.00 bits per heavy atom. The zero-order valence-corrected chi connectivity index (χ0v) is 6.81. The van der Waals surface area contributed by atoms with Crippen molar-refractivity contribution in [2.24, 2.45) is 0 Å². The molecule has 0 saturated carbocycles. The summed E-state index contributed by atoms with van der Waals surface area (Å²) in [4.78, 5) is 21.1. The van der Waals surface area contributed by atoms with Gasteiger partial charge in [-0.2, -0.15) is 0 Å². The van der Waals surface area contributed by atoms with Crippen LogP contribution in [0.5, 0.6) is 0 Å². The summed E-state index contributed by atoms with van der Waals surface area (Å²) in [7, 11) is 0. The summed E-state index contributed by atoms with van der Waals surface area (Å²) in [5, 5.41) is 8.37. The van der Waals surface area contributed by atoms with Crippen molar-refractivity contribution >= 4 is 11.9 Å². The first-order valence-corrected chi connectivity index (χ1v) is 3.61. The number of aliphatic carboxylic acids is 1. The number of carboxylic acid groups (broad SMARTS) is 1. The molecule has 1 fully saturated rings. The van der Waals surface area contributed by atoms with Crippen LogP contribution in [0, 0.1) is 0 Å². The minimum atomic E-state index is -1.12. The number of carbonyl (C=O) groups is 2. The van der Waals surface area contributed by atoms with Crippen molar-refractivity contribution < 1.29 is 24.2 Å². The molecule has 0 aromatic rings. The van der Waals surface area contributed by atoms with Crippen LogP contribution in [0.1, 0.15) is 13.8 Å². The maximum absolute atomic E-state index is 10.9. The van der Waals surface area contributed by atoms with Crippen LogP contribution >= 0.6 is 0 Å². The minimum Gasteiger partial charge on any atom is -0.479 e. The van der Waals surface area contributed by atoms with Gasteiger partial charge in [-0.25, -0.2) is 9.59 Å². The van der Waals surface area contributed by atoms with Crippen LogP contribution in [0.4, 0.5) is 0 Å². The first-order chi connectivity index (χ1) is 5.52. The molecule has 5 heteroatoms. The highest BCUT2D eigenvalue weighted by atomic mass is 16.7. The first-order valence-electron chi connectivity index (χ1n) is 3.61. The predicted octanol–water partition coefficient (Wildman–Crippen LogP) is -0.210. The van der Waals surface area contributed by atoms with E-state index in [0.29, 0.717) is 0 Å². The van der Waals surface area contributed by atoms with Gasteiger partial charge < -0.3 is 14.6 Å². The number of carboxylic acids is 1. The Bertz CT molecular complexity index is 210. The minimum absolute atomic E-state index is 0.240. The Morgan fingerprint density at radius 3 is 2.33 bits per heavy atom. The van der Waals surface area contributed by atoms with E-state index in [-0.39, 0.29) is 6.10 Å². The largest absolute Gasteiger partial charge is 0.479 e. The van der Waals surface area contributed by atoms with Crippen molar-refractivity contribution in [2.45, 2.75) is 32.2 Å². The molecule has 0 amide bonds. The Balaban J connectivity index is 2.33. The van der Waals surface area contributed by atoms with Gasteiger partial charge in [-0.05, 0) is 13.8 Å². The van der Waals surface area contributed by atoms with Crippen molar-refractivity contribution in [3.05, 3.63) is 0 Å². The lowest BCUT2D eigenvalue weighted by Crippen LogP contribution is -2.21. The number of hydrogen-bond donors (Lipinski definition) is 1. The van der Waals surface area contributed by atoms with Crippen molar-refractivity contribution in [1.29, 1.82) is 0 Å². The Morgan fingerprint density at radius 1 is 1.42 bits per heavy atom. The molecule has 1 saturated heterocycles. The van der Waals surface area contributed by atoms with Crippen molar-refractivity contribution in [3.63, 3.8) is 0 Å². The monoisotopic (exact) mass is 174 g/mol. The lowest BCUT2D eigenvalue weighted by atomic mass is 10.3. The molecule has 68 valence electrons. The van der Waals surface area contributed by atoms with E-state index in [1.165, 1.54) is 0 Å². The quantitative estimate of drug-likeness (QED) is 0.473. The van der Waals surface area contributed by atoms with Crippen LogP contribution in [0.25, 0.3) is 0 Å². The summed E-state index contributed by atoms with van der Waals surface area (Å²) in [6.45, 7) is 3.38. The number of esters is 1. The van der Waals surface area contributed by atoms with Gasteiger partial charge in [-0.3, -0.25) is 0 Å². The third-order valence-electron chi connectivity index (χ3n) is 1.32. The molecule has 1 rings (SSSR count). The standard InChI is InChI=1S/C7H10O5/c1-3(2)11-7(10)5-4(12-5)6(8)9/h3-5H,1-2H3,(H,8,9). The SMILES string of the molecule is CC(C)OC(=O)C1OC1C(=O)O. The molecular weight excluding hydrogens is 164 g/mol. The third-order valence-corrected chi connectivity index (χ3v) is 1.32. The van der Waals surface area contributed by atoms with Gasteiger partial charge in [0.2, 0.25) is 0 Å². The Labute approximate surface area is 69.3 Å². The van der Waals surface area contributed by atoms with Crippen molar-refractivity contribution in [1.82, 2.24) is 0 Å². The molecule has 0 aromatic heterocycles. The molecule has 0 radical (unpaired) electrons. The average Bonchev–Trinajstić information content (AvgIpc) is 2.61. The maximum Gasteiger partial charge on any atom is 0.338 e. The summed E-state index contributed by atoms with van der Waals surface area (Å²) >= 11 is 0. The second-order valence-electron chi connectivity index (χ2n) is 2.80. The fraction of sp³-hybridized carbons (Fsp3) is 0.714. The molecule has 1 aliphatic heterocycles. The zero-order valence-electron chi connectivity index (χ0n) is 6.81. The van der Waals surface area contributed by atoms with E-state index in [0.717, 1.165) is 0 Å². The van der Waals surface area contributed by atoms with Crippen molar-refractivity contribution in [3.8, 4) is 0 Å². The van der Waals surface area contributed by atoms with Crippen LogP contribution in [0.2, 0.25) is 0 Å². The van der Waals surface area contributed by atoms with Gasteiger partial charge in [0.1, 0.15) is 0 Å². The summed E-state index contributed by atoms with van der Waals surface area (Å²) in [6.07, 6.45) is -2.14. The summed E-state index contributed by atoms with van der Waals surface area (Å²) in [5.74, 6) is -1.72. The predicted molar refractivity (Wildman–Crippen MR) is 37.5 cm³/mol. The third kappa shape index (κ3) is 1.94. The molecule has 0 spiro atoms. The van der Waals surface area contributed by atoms with E-state index in [4.69, 9.17) is 9.84 Å². The van der Waals surface area contributed by atoms with E-state index in [9.17, 15) is 9.59 Å². The molecule has 12 heavy (non-hydrogen) atoms. The highest BCUT2D eigenvalue weighted by Crippen LogP contribution is 2.23. The van der Waals surface area contributed by atoms with Crippen molar-refractivity contribution in [2.75, 3.05) is 0 Å². The number of ether oxygens (including phenoxy) is 2. The van der Waals surface area contributed by atoms with Crippen LogP contribution in [-0.2, 0) is 19.1 Å². The normalized spacial score (nSPS) is 26.9. The van der Waals surface area contributed by atoms with Crippen LogP contribution in [-0.4, -0.2) is 35.4 Å². The molecule has 5 nitrogen and oxygen atoms in total. The van der Waals surface area contributed by atoms with Gasteiger partial charge in [-0.15, -0.1) is 0 Å². The molecule has 1 aliphatic rings. The number of rotatable bonds is 3. The van der Waals surface area contributed by atoms with E-state index in [2.05, 4.69) is 4.74 Å². The highest BCUT2D eigenvalue weighted by Gasteiger charge is 2.52. The molecule has 1 heterocycles. The lowest BCUT2D eigenvalue weighted by molar-refractivity contribution is -0.149. The molecular formula is C7H10O5. The highest BCUT2D eigenvalue weighted by molar-refractivity contribution is 5.89. The van der Waals surface area contributed by atoms with Crippen LogP contribution in [0.15, 0.2) is 0 Å². The second-order valence-corrected chi connectivity index (χ2v) is 2.80. The topological polar surface area (TPSA) is 76.1 Å². The lowest BCUT2D eigenvalue weighted by Gasteiger charge is -2.04. The van der Waals surface area contributed by atoms with Crippen LogP contribution in [0.3, 0.4) is 0 Å². The smallest absolute Gasteiger partial charge is 0.338 e. The van der Waals surface area contributed by atoms with Gasteiger partial charge in [0.05, 0.1) is 6.10 Å². The fourth-order valence-corrected chi connectivity index (χ4v) is 0.779. The molecule has 2 unspecified atom stereocenters.